The van der Waals surface area contributed by atoms with E-state index < -0.39 is 17.5 Å². The van der Waals surface area contributed by atoms with E-state index in [0.717, 1.165) is 38.1 Å². The summed E-state index contributed by atoms with van der Waals surface area (Å²) in [6, 6.07) is 3.16. The molecule has 0 bridgehead atoms. The molecule has 2 aromatic rings. The first kappa shape index (κ1) is 18.9. The number of rotatable bonds is 6. The highest BCUT2D eigenvalue weighted by molar-refractivity contribution is 5.78. The summed E-state index contributed by atoms with van der Waals surface area (Å²) in [5.41, 5.74) is 0.135. The average Bonchev–Trinajstić information content (AvgIpc) is 3.17. The molecule has 0 unspecified atom stereocenters. The average molecular weight is 376 g/mol. The highest BCUT2D eigenvalue weighted by Crippen LogP contribution is 2.18. The summed E-state index contributed by atoms with van der Waals surface area (Å²) < 4.78 is 26.6. The molecule has 7 nitrogen and oxygen atoms in total. The molecule has 0 saturated carbocycles. The van der Waals surface area contributed by atoms with Crippen LogP contribution in [0.2, 0.25) is 0 Å². The number of hydrogen-bond acceptors (Lipinski definition) is 6. The van der Waals surface area contributed by atoms with Crippen LogP contribution in [0.15, 0.2) is 18.2 Å². The third-order valence-electron chi connectivity index (χ3n) is 4.26. The summed E-state index contributed by atoms with van der Waals surface area (Å²) in [6.07, 6.45) is 2.01. The van der Waals surface area contributed by atoms with Crippen LogP contribution in [0.3, 0.4) is 0 Å². The lowest BCUT2D eigenvalue weighted by atomic mass is 10.1. The van der Waals surface area contributed by atoms with Crippen molar-refractivity contribution in [1.82, 2.24) is 20.3 Å². The maximum atomic E-state index is 13.7. The molecule has 0 spiro atoms. The van der Waals surface area contributed by atoms with Gasteiger partial charge in [-0.25, -0.2) is 8.78 Å². The molecule has 1 amide bonds. The van der Waals surface area contributed by atoms with Crippen molar-refractivity contribution in [2.75, 3.05) is 37.0 Å². The molecule has 1 aromatic carbocycles. The molecule has 3 rings (SSSR count). The van der Waals surface area contributed by atoms with Gasteiger partial charge in [-0.05, 0) is 24.5 Å². The Bertz CT molecular complexity index is 823. The van der Waals surface area contributed by atoms with E-state index >= 15 is 0 Å². The Balaban J connectivity index is 1.68. The van der Waals surface area contributed by atoms with Gasteiger partial charge in [0.15, 0.2) is 5.82 Å². The number of halogens is 2. The summed E-state index contributed by atoms with van der Waals surface area (Å²) in [5, 5.41) is 2.68. The molecule has 0 radical (unpaired) electrons. The van der Waals surface area contributed by atoms with Crippen LogP contribution in [0, 0.1) is 11.6 Å². The monoisotopic (exact) mass is 376 g/mol. The molecular weight excluding hydrogens is 354 g/mol. The first-order chi connectivity index (χ1) is 12.9. The summed E-state index contributed by atoms with van der Waals surface area (Å²) in [5.74, 6) is -0.261. The first-order valence-electron chi connectivity index (χ1n) is 8.80. The Labute approximate surface area is 156 Å². The van der Waals surface area contributed by atoms with E-state index in [4.69, 9.17) is 0 Å². The largest absolute Gasteiger partial charge is 0.349 e. The van der Waals surface area contributed by atoms with Gasteiger partial charge in [0, 0.05) is 33.3 Å². The molecule has 2 heterocycles. The number of amides is 1. The Morgan fingerprint density at radius 3 is 2.59 bits per heavy atom. The van der Waals surface area contributed by atoms with E-state index in [9.17, 15) is 13.6 Å². The SMILES string of the molecule is CN(C)c1nc(CNC(=O)Cc2ccc(F)cc2F)nc(N2CCCC2)n1. The molecule has 0 atom stereocenters. The first-order valence-corrected chi connectivity index (χ1v) is 8.80. The van der Waals surface area contributed by atoms with Crippen molar-refractivity contribution in [3.8, 4) is 0 Å². The van der Waals surface area contributed by atoms with Crippen LogP contribution in [0.25, 0.3) is 0 Å². The van der Waals surface area contributed by atoms with Crippen LogP contribution in [0.5, 0.6) is 0 Å². The van der Waals surface area contributed by atoms with Crippen LogP contribution < -0.4 is 15.1 Å². The number of benzene rings is 1. The molecule has 1 saturated heterocycles. The molecule has 1 N–H and O–H groups in total. The summed E-state index contributed by atoms with van der Waals surface area (Å²) in [7, 11) is 3.67. The summed E-state index contributed by atoms with van der Waals surface area (Å²) >= 11 is 0. The van der Waals surface area contributed by atoms with Gasteiger partial charge in [0.2, 0.25) is 17.8 Å². The highest BCUT2D eigenvalue weighted by Gasteiger charge is 2.18. The fourth-order valence-electron chi connectivity index (χ4n) is 2.81. The Morgan fingerprint density at radius 1 is 1.19 bits per heavy atom. The minimum Gasteiger partial charge on any atom is -0.349 e. The van der Waals surface area contributed by atoms with Crippen molar-refractivity contribution in [2.45, 2.75) is 25.8 Å². The maximum absolute atomic E-state index is 13.7. The third kappa shape index (κ3) is 4.87. The fraction of sp³-hybridized carbons (Fsp3) is 0.444. The zero-order valence-corrected chi connectivity index (χ0v) is 15.4. The number of hydrogen-bond donors (Lipinski definition) is 1. The second kappa shape index (κ2) is 8.24. The van der Waals surface area contributed by atoms with Gasteiger partial charge >= 0.3 is 0 Å². The van der Waals surface area contributed by atoms with Crippen molar-refractivity contribution in [3.63, 3.8) is 0 Å². The van der Waals surface area contributed by atoms with Gasteiger partial charge < -0.3 is 15.1 Å². The number of carbonyl (C=O) groups excluding carboxylic acids is 1. The molecule has 0 aliphatic carbocycles. The van der Waals surface area contributed by atoms with Crippen LogP contribution in [-0.2, 0) is 17.8 Å². The van der Waals surface area contributed by atoms with Crippen molar-refractivity contribution in [2.24, 2.45) is 0 Å². The number of aromatic nitrogens is 3. The van der Waals surface area contributed by atoms with Crippen LogP contribution in [0.4, 0.5) is 20.7 Å². The summed E-state index contributed by atoms with van der Waals surface area (Å²) in [6.45, 7) is 1.89. The lowest BCUT2D eigenvalue weighted by molar-refractivity contribution is -0.120. The van der Waals surface area contributed by atoms with E-state index in [1.807, 2.05) is 14.1 Å². The highest BCUT2D eigenvalue weighted by atomic mass is 19.1. The predicted molar refractivity (Wildman–Crippen MR) is 97.5 cm³/mol. The molecule has 1 aliphatic heterocycles. The number of nitrogens with zero attached hydrogens (tertiary/aromatic N) is 5. The van der Waals surface area contributed by atoms with Crippen molar-refractivity contribution in [1.29, 1.82) is 0 Å². The quantitative estimate of drug-likeness (QED) is 0.827. The van der Waals surface area contributed by atoms with Gasteiger partial charge in [-0.3, -0.25) is 4.79 Å². The lowest BCUT2D eigenvalue weighted by Crippen LogP contribution is -2.28. The van der Waals surface area contributed by atoms with Crippen molar-refractivity contribution >= 4 is 17.8 Å². The standard InChI is InChI=1S/C18H22F2N6O/c1-25(2)17-22-15(23-18(24-17)26-7-3-4-8-26)11-21-16(27)9-12-5-6-13(19)10-14(12)20/h5-6,10H,3-4,7-9,11H2,1-2H3,(H,21,27). The van der Waals surface area contributed by atoms with Gasteiger partial charge in [0.05, 0.1) is 13.0 Å². The smallest absolute Gasteiger partial charge is 0.230 e. The molecule has 1 fully saturated rings. The van der Waals surface area contributed by atoms with Crippen molar-refractivity contribution < 1.29 is 13.6 Å². The summed E-state index contributed by atoms with van der Waals surface area (Å²) in [4.78, 5) is 29.2. The third-order valence-corrected chi connectivity index (χ3v) is 4.26. The second-order valence-corrected chi connectivity index (χ2v) is 6.63. The van der Waals surface area contributed by atoms with Gasteiger partial charge in [-0.2, -0.15) is 15.0 Å². The fourth-order valence-corrected chi connectivity index (χ4v) is 2.81. The van der Waals surface area contributed by atoms with Gasteiger partial charge in [0.1, 0.15) is 11.6 Å². The molecular formula is C18H22F2N6O. The maximum Gasteiger partial charge on any atom is 0.230 e. The molecule has 144 valence electrons. The van der Waals surface area contributed by atoms with Crippen LogP contribution in [0.1, 0.15) is 24.2 Å². The van der Waals surface area contributed by atoms with E-state index in [2.05, 4.69) is 25.2 Å². The zero-order valence-electron chi connectivity index (χ0n) is 15.4. The normalized spacial score (nSPS) is 13.7. The number of nitrogens with one attached hydrogen (secondary N) is 1. The van der Waals surface area contributed by atoms with Crippen LogP contribution in [-0.4, -0.2) is 48.0 Å². The topological polar surface area (TPSA) is 74.2 Å². The number of anilines is 2. The minimum absolute atomic E-state index is 0.103. The van der Waals surface area contributed by atoms with E-state index in [-0.39, 0.29) is 18.5 Å². The lowest BCUT2D eigenvalue weighted by Gasteiger charge is -2.19. The molecule has 1 aromatic heterocycles. The molecule has 1 aliphatic rings. The van der Waals surface area contributed by atoms with E-state index in [1.165, 1.54) is 6.07 Å². The molecule has 9 heteroatoms. The van der Waals surface area contributed by atoms with Crippen LogP contribution >= 0.6 is 0 Å². The number of carbonyl (C=O) groups is 1. The van der Waals surface area contributed by atoms with E-state index in [0.29, 0.717) is 17.7 Å². The Hall–Kier alpha value is -2.84. The second-order valence-electron chi connectivity index (χ2n) is 6.63. The predicted octanol–water partition coefficient (Wildman–Crippen LogP) is 1.67. The Morgan fingerprint density at radius 2 is 1.93 bits per heavy atom. The van der Waals surface area contributed by atoms with Gasteiger partial charge in [-0.1, -0.05) is 6.07 Å². The zero-order chi connectivity index (χ0) is 19.4. The van der Waals surface area contributed by atoms with Crippen molar-refractivity contribution in [3.05, 3.63) is 41.2 Å². The Kier molecular flexibility index (Phi) is 5.78. The minimum atomic E-state index is -0.739. The van der Waals surface area contributed by atoms with E-state index in [1.54, 1.807) is 4.90 Å². The molecule has 27 heavy (non-hydrogen) atoms. The van der Waals surface area contributed by atoms with Gasteiger partial charge in [0.25, 0.3) is 0 Å². The van der Waals surface area contributed by atoms with Gasteiger partial charge in [-0.15, -0.1) is 0 Å².